The highest BCUT2D eigenvalue weighted by molar-refractivity contribution is 7.86. The summed E-state index contributed by atoms with van der Waals surface area (Å²) in [7, 11) is -7.76. The Hall–Kier alpha value is -1.04. The maximum Gasteiger partial charge on any atom is 0.402 e. The Kier molecular flexibility index (Phi) is 7.15. The molecule has 0 radical (unpaired) electrons. The molecule has 0 heterocycles. The topological polar surface area (TPSA) is 93.7 Å². The van der Waals surface area contributed by atoms with E-state index in [4.69, 9.17) is 0 Å². The predicted molar refractivity (Wildman–Crippen MR) is 55.7 cm³/mol. The Labute approximate surface area is 135 Å². The molecular weight excluding hydrogens is 437 g/mol. The minimum Gasteiger partial charge on any atom is -0.743 e. The molecule has 0 aliphatic heterocycles. The number of alkyl halides is 13. The molecule has 4 nitrogen and oxygen atoms in total. The molecule has 18 heteroatoms. The first-order chi connectivity index (χ1) is 10.5. The van der Waals surface area contributed by atoms with Crippen molar-refractivity contribution in [3.8, 4) is 0 Å². The van der Waals surface area contributed by atoms with Crippen molar-refractivity contribution < 1.29 is 70.0 Å². The molecular formula is C8H8F13NO3S. The monoisotopic (exact) mass is 445 g/mol. The Bertz CT molecular complexity index is 597. The third-order valence-corrected chi connectivity index (χ3v) is 3.53. The lowest BCUT2D eigenvalue weighted by atomic mass is 9.95. The van der Waals surface area contributed by atoms with Crippen LogP contribution in [-0.2, 0) is 10.1 Å². The van der Waals surface area contributed by atoms with Gasteiger partial charge in [-0.3, -0.25) is 0 Å². The minimum atomic E-state index is -7.92. The van der Waals surface area contributed by atoms with Crippen molar-refractivity contribution in [1.29, 1.82) is 0 Å². The van der Waals surface area contributed by atoms with Crippen LogP contribution in [0.4, 0.5) is 57.1 Å². The van der Waals surface area contributed by atoms with Gasteiger partial charge in [-0.15, -0.1) is 0 Å². The van der Waals surface area contributed by atoms with Gasteiger partial charge in [-0.25, -0.2) is 8.42 Å². The second kappa shape index (κ2) is 6.84. The van der Waals surface area contributed by atoms with Gasteiger partial charge in [0.1, 0.15) is 0 Å². The van der Waals surface area contributed by atoms with Crippen LogP contribution >= 0.6 is 0 Å². The Balaban J connectivity index is 0. The van der Waals surface area contributed by atoms with Crippen LogP contribution in [0.15, 0.2) is 0 Å². The molecule has 0 spiro atoms. The van der Waals surface area contributed by atoms with Crippen molar-refractivity contribution in [3.05, 3.63) is 0 Å². The highest BCUT2D eigenvalue weighted by Gasteiger charge is 2.87. The molecule has 0 rings (SSSR count). The van der Waals surface area contributed by atoms with Crippen LogP contribution in [0.3, 0.4) is 0 Å². The zero-order valence-electron chi connectivity index (χ0n) is 12.0. The highest BCUT2D eigenvalue weighted by Crippen LogP contribution is 2.59. The van der Waals surface area contributed by atoms with E-state index in [-0.39, 0.29) is 6.15 Å². The maximum absolute atomic E-state index is 13.0. The third kappa shape index (κ3) is 4.26. The lowest BCUT2D eigenvalue weighted by Crippen LogP contribution is -2.68. The molecule has 0 aromatic heterocycles. The first-order valence-electron chi connectivity index (χ1n) is 5.37. The largest absolute Gasteiger partial charge is 0.743 e. The summed E-state index contributed by atoms with van der Waals surface area (Å²) in [6.45, 7) is 0. The molecule has 0 bridgehead atoms. The van der Waals surface area contributed by atoms with Crippen molar-refractivity contribution >= 4 is 10.1 Å². The van der Waals surface area contributed by atoms with Crippen LogP contribution in [0.25, 0.3) is 0 Å². The normalized spacial score (nSPS) is 15.6. The van der Waals surface area contributed by atoms with Crippen molar-refractivity contribution in [1.82, 2.24) is 6.15 Å². The molecule has 0 saturated heterocycles. The first kappa shape index (κ1) is 27.2. The van der Waals surface area contributed by atoms with Crippen LogP contribution in [0.1, 0.15) is 12.8 Å². The first-order valence-corrected chi connectivity index (χ1v) is 6.78. The molecule has 0 aromatic carbocycles. The van der Waals surface area contributed by atoms with Crippen LogP contribution in [0.5, 0.6) is 0 Å². The third-order valence-electron chi connectivity index (χ3n) is 2.65. The number of rotatable bonds is 7. The Morgan fingerprint density at radius 2 is 0.962 bits per heavy atom. The Morgan fingerprint density at radius 1 is 0.615 bits per heavy atom. The van der Waals surface area contributed by atoms with Crippen LogP contribution < -0.4 is 6.15 Å². The van der Waals surface area contributed by atoms with E-state index in [0.29, 0.717) is 0 Å². The van der Waals surface area contributed by atoms with Gasteiger partial charge in [-0.2, -0.15) is 57.1 Å². The standard InChI is InChI=1S/C8H5F13O3S.H3N/c9-3(10,1-2-4(11,12)13)5(14,15)6(16,17)7(18,19)8(20,21)25(22,23)24;/h1-2H2,(H,22,23,24);1H3. The number of quaternary nitrogens is 1. The van der Waals surface area contributed by atoms with Crippen LogP contribution in [0, 0.1) is 0 Å². The summed E-state index contributed by atoms with van der Waals surface area (Å²) < 4.78 is 193. The van der Waals surface area contributed by atoms with Gasteiger partial charge < -0.3 is 10.7 Å². The molecule has 0 fully saturated rings. The quantitative estimate of drug-likeness (QED) is 0.466. The number of halogens is 13. The van der Waals surface area contributed by atoms with Gasteiger partial charge in [0.05, 0.1) is 0 Å². The van der Waals surface area contributed by atoms with Crippen molar-refractivity contribution in [3.63, 3.8) is 0 Å². The lowest BCUT2D eigenvalue weighted by Gasteiger charge is -2.39. The van der Waals surface area contributed by atoms with E-state index >= 15 is 0 Å². The van der Waals surface area contributed by atoms with Gasteiger partial charge >= 0.3 is 35.1 Å². The average Bonchev–Trinajstić information content (AvgIpc) is 2.33. The summed E-state index contributed by atoms with van der Waals surface area (Å²) in [4.78, 5) is 0. The van der Waals surface area contributed by atoms with Gasteiger partial charge in [-0.1, -0.05) is 0 Å². The number of hydrogen-bond acceptors (Lipinski definition) is 3. The fraction of sp³-hybridized carbons (Fsp3) is 1.00. The van der Waals surface area contributed by atoms with Crippen LogP contribution in [-0.4, -0.2) is 48.1 Å². The van der Waals surface area contributed by atoms with E-state index in [2.05, 4.69) is 0 Å². The van der Waals surface area contributed by atoms with Crippen molar-refractivity contribution in [2.75, 3.05) is 0 Å². The summed E-state index contributed by atoms with van der Waals surface area (Å²) in [6.07, 6.45) is -11.8. The molecule has 26 heavy (non-hydrogen) atoms. The molecule has 0 unspecified atom stereocenters. The fourth-order valence-electron chi connectivity index (χ4n) is 1.22. The maximum atomic E-state index is 13.0. The van der Waals surface area contributed by atoms with Gasteiger partial charge in [0, 0.05) is 12.8 Å². The van der Waals surface area contributed by atoms with E-state index in [9.17, 15) is 70.0 Å². The fourth-order valence-corrected chi connectivity index (χ4v) is 1.66. The molecule has 0 aromatic rings. The van der Waals surface area contributed by atoms with Gasteiger partial charge in [0.25, 0.3) is 0 Å². The molecule has 4 N–H and O–H groups in total. The average molecular weight is 445 g/mol. The summed E-state index contributed by atoms with van der Waals surface area (Å²) in [6, 6.07) is 0. The van der Waals surface area contributed by atoms with E-state index in [1.165, 1.54) is 0 Å². The van der Waals surface area contributed by atoms with E-state index in [1.807, 2.05) is 0 Å². The van der Waals surface area contributed by atoms with Gasteiger partial charge in [-0.05, 0) is 0 Å². The summed E-state index contributed by atoms with van der Waals surface area (Å²) in [5.74, 6) is -30.0. The van der Waals surface area contributed by atoms with E-state index in [0.717, 1.165) is 0 Å². The SMILES string of the molecule is O=S(=O)([O-])C(F)(F)C(F)(F)C(F)(F)C(F)(F)C(F)(F)CCC(F)(F)F.[NH4+]. The van der Waals surface area contributed by atoms with Crippen molar-refractivity contribution in [2.24, 2.45) is 0 Å². The van der Waals surface area contributed by atoms with Crippen LogP contribution in [0.2, 0.25) is 0 Å². The second-order valence-corrected chi connectivity index (χ2v) is 5.93. The molecule has 0 amide bonds. The second-order valence-electron chi connectivity index (χ2n) is 4.51. The lowest BCUT2D eigenvalue weighted by molar-refractivity contribution is -0.391. The molecule has 0 aliphatic rings. The smallest absolute Gasteiger partial charge is 0.402 e. The predicted octanol–water partition coefficient (Wildman–Crippen LogP) is 4.38. The van der Waals surface area contributed by atoms with E-state index < -0.39 is 58.1 Å². The zero-order chi connectivity index (χ0) is 20.9. The molecule has 0 saturated carbocycles. The highest BCUT2D eigenvalue weighted by atomic mass is 32.2. The van der Waals surface area contributed by atoms with E-state index in [1.54, 1.807) is 0 Å². The summed E-state index contributed by atoms with van der Waals surface area (Å²) in [5.41, 5.74) is 0. The van der Waals surface area contributed by atoms with Crippen molar-refractivity contribution in [2.45, 2.75) is 48.0 Å². The summed E-state index contributed by atoms with van der Waals surface area (Å²) in [5, 5.41) is -7.48. The zero-order valence-corrected chi connectivity index (χ0v) is 12.8. The van der Waals surface area contributed by atoms with Gasteiger partial charge in [0.2, 0.25) is 0 Å². The summed E-state index contributed by atoms with van der Waals surface area (Å²) >= 11 is 0. The molecule has 0 atom stereocenters. The number of hydrogen-bond donors (Lipinski definition) is 1. The van der Waals surface area contributed by atoms with Gasteiger partial charge in [0.15, 0.2) is 10.1 Å². The molecule has 0 aliphatic carbocycles. The minimum absolute atomic E-state index is 0. The molecule has 160 valence electrons. The Morgan fingerprint density at radius 3 is 1.23 bits per heavy atom.